The van der Waals surface area contributed by atoms with Crippen molar-refractivity contribution in [1.29, 1.82) is 0 Å². The highest BCUT2D eigenvalue weighted by atomic mass is 16.5. The van der Waals surface area contributed by atoms with Crippen molar-refractivity contribution in [1.82, 2.24) is 10.2 Å². The molecule has 2 aliphatic rings. The molecule has 2 fully saturated rings. The van der Waals surface area contributed by atoms with Gasteiger partial charge in [-0.3, -0.25) is 9.59 Å². The van der Waals surface area contributed by atoms with Gasteiger partial charge in [0.1, 0.15) is 0 Å². The molecule has 6 nitrogen and oxygen atoms in total. The maximum Gasteiger partial charge on any atom is 0.225 e. The Balaban J connectivity index is 1.80. The van der Waals surface area contributed by atoms with E-state index in [4.69, 9.17) is 4.74 Å². The fraction of sp³-hybridized carbons (Fsp3) is 0.846. The summed E-state index contributed by atoms with van der Waals surface area (Å²) in [6, 6.07) is 0. The highest BCUT2D eigenvalue weighted by molar-refractivity contribution is 5.89. The maximum absolute atomic E-state index is 12.0. The Kier molecular flexibility index (Phi) is 4.42. The first-order chi connectivity index (χ1) is 9.04. The van der Waals surface area contributed by atoms with Crippen LogP contribution in [-0.4, -0.2) is 60.3 Å². The lowest BCUT2D eigenvalue weighted by Crippen LogP contribution is -2.48. The predicted molar refractivity (Wildman–Crippen MR) is 68.4 cm³/mol. The molecule has 2 saturated heterocycles. The molecule has 0 aliphatic carbocycles. The van der Waals surface area contributed by atoms with Gasteiger partial charge in [0.25, 0.3) is 0 Å². The van der Waals surface area contributed by atoms with Crippen LogP contribution in [0.3, 0.4) is 0 Å². The number of rotatable bonds is 4. The molecule has 0 aromatic rings. The number of hydrogen-bond donors (Lipinski definition) is 2. The van der Waals surface area contributed by atoms with Crippen molar-refractivity contribution in [3.63, 3.8) is 0 Å². The molecule has 19 heavy (non-hydrogen) atoms. The van der Waals surface area contributed by atoms with E-state index >= 15 is 0 Å². The van der Waals surface area contributed by atoms with Crippen LogP contribution in [0.1, 0.15) is 26.2 Å². The number of carbonyl (C=O) groups is 2. The van der Waals surface area contributed by atoms with Crippen molar-refractivity contribution in [3.05, 3.63) is 0 Å². The zero-order chi connectivity index (χ0) is 13.9. The van der Waals surface area contributed by atoms with Gasteiger partial charge in [-0.15, -0.1) is 0 Å². The first-order valence-corrected chi connectivity index (χ1v) is 6.90. The second-order valence-electron chi connectivity index (χ2n) is 5.39. The summed E-state index contributed by atoms with van der Waals surface area (Å²) in [7, 11) is 0. The van der Waals surface area contributed by atoms with E-state index in [1.54, 1.807) is 4.90 Å². The number of hydrogen-bond acceptors (Lipinski definition) is 4. The summed E-state index contributed by atoms with van der Waals surface area (Å²) in [5.41, 5.74) is -0.860. The Labute approximate surface area is 113 Å². The highest BCUT2D eigenvalue weighted by Crippen LogP contribution is 2.21. The predicted octanol–water partition coefficient (Wildman–Crippen LogP) is -0.487. The minimum Gasteiger partial charge on any atom is -0.388 e. The minimum absolute atomic E-state index is 0.0347. The SMILES string of the molecule is CCN1CC(C(=O)NCC2(O)CCOCC2)CC1=O. The Bertz CT molecular complexity index is 353. The minimum atomic E-state index is -0.860. The van der Waals surface area contributed by atoms with Gasteiger partial charge in [-0.1, -0.05) is 0 Å². The molecule has 0 bridgehead atoms. The first-order valence-electron chi connectivity index (χ1n) is 6.90. The molecule has 0 spiro atoms. The quantitative estimate of drug-likeness (QED) is 0.723. The van der Waals surface area contributed by atoms with Gasteiger partial charge in [0.2, 0.25) is 11.8 Å². The van der Waals surface area contributed by atoms with Gasteiger partial charge in [0, 0.05) is 52.1 Å². The van der Waals surface area contributed by atoms with Gasteiger partial charge in [-0.2, -0.15) is 0 Å². The number of nitrogens with zero attached hydrogens (tertiary/aromatic N) is 1. The average molecular weight is 270 g/mol. The molecule has 0 radical (unpaired) electrons. The highest BCUT2D eigenvalue weighted by Gasteiger charge is 2.35. The van der Waals surface area contributed by atoms with Crippen molar-refractivity contribution < 1.29 is 19.4 Å². The van der Waals surface area contributed by atoms with Crippen LogP contribution in [-0.2, 0) is 14.3 Å². The van der Waals surface area contributed by atoms with Crippen molar-refractivity contribution in [2.24, 2.45) is 5.92 Å². The summed E-state index contributed by atoms with van der Waals surface area (Å²) < 4.78 is 5.19. The monoisotopic (exact) mass is 270 g/mol. The lowest BCUT2D eigenvalue weighted by Gasteiger charge is -2.32. The van der Waals surface area contributed by atoms with E-state index in [1.807, 2.05) is 6.92 Å². The van der Waals surface area contributed by atoms with Gasteiger partial charge >= 0.3 is 0 Å². The Hall–Kier alpha value is -1.14. The molecule has 2 rings (SSSR count). The topological polar surface area (TPSA) is 78.9 Å². The molecule has 2 amide bonds. The number of likely N-dealkylation sites (tertiary alicyclic amines) is 1. The molecule has 2 heterocycles. The van der Waals surface area contributed by atoms with Crippen molar-refractivity contribution in [3.8, 4) is 0 Å². The summed E-state index contributed by atoms with van der Waals surface area (Å²) in [6.45, 7) is 4.33. The van der Waals surface area contributed by atoms with E-state index in [0.717, 1.165) is 0 Å². The normalized spacial score (nSPS) is 26.5. The molecular formula is C13H22N2O4. The fourth-order valence-electron chi connectivity index (χ4n) is 2.58. The lowest BCUT2D eigenvalue weighted by atomic mass is 9.94. The number of ether oxygens (including phenoxy) is 1. The van der Waals surface area contributed by atoms with E-state index in [0.29, 0.717) is 39.1 Å². The Morgan fingerprint density at radius 2 is 2.21 bits per heavy atom. The van der Waals surface area contributed by atoms with Crippen LogP contribution in [0, 0.1) is 5.92 Å². The van der Waals surface area contributed by atoms with Crippen molar-refractivity contribution in [2.75, 3.05) is 32.8 Å². The fourth-order valence-corrected chi connectivity index (χ4v) is 2.58. The molecular weight excluding hydrogens is 248 g/mol. The van der Waals surface area contributed by atoms with Crippen LogP contribution in [0.25, 0.3) is 0 Å². The summed E-state index contributed by atoms with van der Waals surface area (Å²) in [4.78, 5) is 25.3. The van der Waals surface area contributed by atoms with Crippen molar-refractivity contribution in [2.45, 2.75) is 31.8 Å². The molecule has 108 valence electrons. The zero-order valence-corrected chi connectivity index (χ0v) is 11.4. The number of amides is 2. The molecule has 1 unspecified atom stereocenters. The molecule has 2 aliphatic heterocycles. The third-order valence-electron chi connectivity index (χ3n) is 3.98. The van der Waals surface area contributed by atoms with Crippen LogP contribution in [0.15, 0.2) is 0 Å². The third kappa shape index (κ3) is 3.45. The number of aliphatic hydroxyl groups is 1. The van der Waals surface area contributed by atoms with E-state index < -0.39 is 5.60 Å². The van der Waals surface area contributed by atoms with Crippen LogP contribution < -0.4 is 5.32 Å². The van der Waals surface area contributed by atoms with Crippen LogP contribution in [0.2, 0.25) is 0 Å². The summed E-state index contributed by atoms with van der Waals surface area (Å²) >= 11 is 0. The van der Waals surface area contributed by atoms with Gasteiger partial charge in [-0.25, -0.2) is 0 Å². The number of nitrogens with one attached hydrogen (secondary N) is 1. The van der Waals surface area contributed by atoms with E-state index in [-0.39, 0.29) is 30.7 Å². The molecule has 0 saturated carbocycles. The van der Waals surface area contributed by atoms with E-state index in [1.165, 1.54) is 0 Å². The second-order valence-corrected chi connectivity index (χ2v) is 5.39. The van der Waals surface area contributed by atoms with Crippen LogP contribution >= 0.6 is 0 Å². The smallest absolute Gasteiger partial charge is 0.225 e. The zero-order valence-electron chi connectivity index (χ0n) is 11.4. The molecule has 2 N–H and O–H groups in total. The Morgan fingerprint density at radius 3 is 2.79 bits per heavy atom. The average Bonchev–Trinajstić information content (AvgIpc) is 2.78. The third-order valence-corrected chi connectivity index (χ3v) is 3.98. The standard InChI is InChI=1S/C13H22N2O4/c1-2-15-8-10(7-11(15)16)12(17)14-9-13(18)3-5-19-6-4-13/h10,18H,2-9H2,1H3,(H,14,17). The van der Waals surface area contributed by atoms with E-state index in [9.17, 15) is 14.7 Å². The summed E-state index contributed by atoms with van der Waals surface area (Å²) in [6.07, 6.45) is 1.36. The lowest BCUT2D eigenvalue weighted by molar-refractivity contribution is -0.129. The van der Waals surface area contributed by atoms with E-state index in [2.05, 4.69) is 5.32 Å². The first kappa shape index (κ1) is 14.3. The van der Waals surface area contributed by atoms with Crippen molar-refractivity contribution >= 4 is 11.8 Å². The molecule has 0 aromatic carbocycles. The second kappa shape index (κ2) is 5.88. The summed E-state index contributed by atoms with van der Waals surface area (Å²) in [5.74, 6) is -0.382. The van der Waals surface area contributed by atoms with Gasteiger partial charge in [-0.05, 0) is 6.92 Å². The maximum atomic E-state index is 12.0. The largest absolute Gasteiger partial charge is 0.388 e. The molecule has 6 heteroatoms. The van der Waals surface area contributed by atoms with Gasteiger partial charge < -0.3 is 20.1 Å². The van der Waals surface area contributed by atoms with Crippen LogP contribution in [0.4, 0.5) is 0 Å². The summed E-state index contributed by atoms with van der Waals surface area (Å²) in [5, 5.41) is 13.0. The van der Waals surface area contributed by atoms with Gasteiger partial charge in [0.15, 0.2) is 0 Å². The molecule has 1 atom stereocenters. The Morgan fingerprint density at radius 1 is 1.53 bits per heavy atom. The van der Waals surface area contributed by atoms with Gasteiger partial charge in [0.05, 0.1) is 11.5 Å². The molecule has 0 aromatic heterocycles. The number of carbonyl (C=O) groups excluding carboxylic acids is 2. The van der Waals surface area contributed by atoms with Crippen LogP contribution in [0.5, 0.6) is 0 Å².